The lowest BCUT2D eigenvalue weighted by molar-refractivity contribution is -0.168. The van der Waals surface area contributed by atoms with Gasteiger partial charge in [-0.05, 0) is 49.4 Å². The average Bonchev–Trinajstić information content (AvgIpc) is 2.52. The van der Waals surface area contributed by atoms with Crippen LogP contribution in [0.5, 0.6) is 0 Å². The van der Waals surface area contributed by atoms with Crippen molar-refractivity contribution in [3.8, 4) is 0 Å². The number of amides is 1. The Kier molecular flexibility index (Phi) is 5.73. The van der Waals surface area contributed by atoms with Crippen LogP contribution >= 0.6 is 0 Å². The number of benzene rings is 1. The fraction of sp³-hybridized carbons (Fsp3) is 0.562. The largest absolute Gasteiger partial charge is 0.353 e. The van der Waals surface area contributed by atoms with E-state index in [9.17, 15) is 4.79 Å². The van der Waals surface area contributed by atoms with E-state index < -0.39 is 0 Å². The maximum atomic E-state index is 12.1. The van der Waals surface area contributed by atoms with Crippen LogP contribution in [-0.4, -0.2) is 38.0 Å². The van der Waals surface area contributed by atoms with Crippen LogP contribution in [0.15, 0.2) is 18.2 Å². The summed E-state index contributed by atoms with van der Waals surface area (Å²) in [4.78, 5) is 17.1. The van der Waals surface area contributed by atoms with Crippen molar-refractivity contribution >= 4 is 5.91 Å². The summed E-state index contributed by atoms with van der Waals surface area (Å²) in [5, 5.41) is 1.21. The maximum absolute atomic E-state index is 12.1. The van der Waals surface area contributed by atoms with Gasteiger partial charge in [0.1, 0.15) is 0 Å². The van der Waals surface area contributed by atoms with Crippen LogP contribution in [0.3, 0.4) is 0 Å². The van der Waals surface area contributed by atoms with Gasteiger partial charge in [-0.2, -0.15) is 0 Å². The Balaban J connectivity index is 2.02. The Hall–Kier alpha value is -1.43. The number of carbonyl (C=O) groups is 1. The van der Waals surface area contributed by atoms with Gasteiger partial charge in [0.05, 0.1) is 13.7 Å². The molecule has 1 aromatic carbocycles. The topological polar surface area (TPSA) is 48.0 Å². The molecule has 0 aliphatic carbocycles. The number of hydrogen-bond acceptors (Lipinski definition) is 4. The van der Waals surface area contributed by atoms with E-state index in [-0.39, 0.29) is 12.2 Å². The van der Waals surface area contributed by atoms with Crippen LogP contribution < -0.4 is 0 Å². The number of rotatable bonds is 5. The number of ether oxygens (including phenoxy) is 2. The first-order valence-electron chi connectivity index (χ1n) is 7.26. The summed E-state index contributed by atoms with van der Waals surface area (Å²) in [6, 6.07) is 5.71. The van der Waals surface area contributed by atoms with E-state index in [1.54, 1.807) is 7.05 Å². The molecule has 1 aromatic rings. The van der Waals surface area contributed by atoms with Crippen molar-refractivity contribution in [3.05, 3.63) is 34.9 Å². The van der Waals surface area contributed by atoms with Crippen molar-refractivity contribution in [1.82, 2.24) is 5.06 Å². The van der Waals surface area contributed by atoms with Crippen LogP contribution in [0.25, 0.3) is 0 Å². The molecule has 21 heavy (non-hydrogen) atoms. The zero-order valence-electron chi connectivity index (χ0n) is 12.9. The quantitative estimate of drug-likeness (QED) is 0.783. The highest BCUT2D eigenvalue weighted by atomic mass is 16.7. The second-order valence-electron chi connectivity index (χ2n) is 5.30. The van der Waals surface area contributed by atoms with Gasteiger partial charge >= 0.3 is 0 Å². The minimum absolute atomic E-state index is 0.125. The van der Waals surface area contributed by atoms with Crippen LogP contribution in [0, 0.1) is 6.92 Å². The molecule has 0 saturated carbocycles. The van der Waals surface area contributed by atoms with Gasteiger partial charge in [0.25, 0.3) is 5.91 Å². The van der Waals surface area contributed by atoms with Crippen molar-refractivity contribution in [2.75, 3.05) is 20.8 Å². The third kappa shape index (κ3) is 4.52. The first-order chi connectivity index (χ1) is 10.1. The minimum Gasteiger partial charge on any atom is -0.353 e. The van der Waals surface area contributed by atoms with E-state index in [0.717, 1.165) is 37.0 Å². The summed E-state index contributed by atoms with van der Waals surface area (Å²) in [6.45, 7) is 3.17. The number of carbonyl (C=O) groups excluding carboxylic acids is 1. The fourth-order valence-electron chi connectivity index (χ4n) is 2.37. The van der Waals surface area contributed by atoms with E-state index >= 15 is 0 Å². The molecule has 116 valence electrons. The molecule has 1 fully saturated rings. The van der Waals surface area contributed by atoms with Crippen LogP contribution in [0.4, 0.5) is 0 Å². The number of hydroxylamine groups is 2. The van der Waals surface area contributed by atoms with Gasteiger partial charge in [-0.15, -0.1) is 0 Å². The van der Waals surface area contributed by atoms with Gasteiger partial charge in [-0.3, -0.25) is 9.63 Å². The van der Waals surface area contributed by atoms with Gasteiger partial charge in [-0.25, -0.2) is 5.06 Å². The van der Waals surface area contributed by atoms with Gasteiger partial charge in [0, 0.05) is 19.2 Å². The van der Waals surface area contributed by atoms with Gasteiger partial charge in [0.2, 0.25) is 0 Å². The lowest BCUT2D eigenvalue weighted by Gasteiger charge is -2.23. The number of aryl methyl sites for hydroxylation is 1. The summed E-state index contributed by atoms with van der Waals surface area (Å²) in [6.07, 6.45) is 3.05. The molecule has 2 rings (SSSR count). The summed E-state index contributed by atoms with van der Waals surface area (Å²) in [5.74, 6) is -0.170. The molecule has 0 N–H and O–H groups in total. The second kappa shape index (κ2) is 7.54. The van der Waals surface area contributed by atoms with Crippen LogP contribution in [0.1, 0.15) is 40.7 Å². The van der Waals surface area contributed by atoms with Crippen LogP contribution in [0.2, 0.25) is 0 Å². The van der Waals surface area contributed by atoms with Crippen molar-refractivity contribution in [2.45, 2.75) is 39.1 Å². The minimum atomic E-state index is -0.170. The van der Waals surface area contributed by atoms with E-state index in [4.69, 9.17) is 14.3 Å². The third-order valence-corrected chi connectivity index (χ3v) is 3.52. The highest BCUT2D eigenvalue weighted by Gasteiger charge is 2.16. The molecule has 1 atom stereocenters. The normalized spacial score (nSPS) is 18.5. The summed E-state index contributed by atoms with van der Waals surface area (Å²) >= 11 is 0. The Morgan fingerprint density at radius 2 is 2.19 bits per heavy atom. The van der Waals surface area contributed by atoms with Crippen molar-refractivity contribution in [3.63, 3.8) is 0 Å². The molecular formula is C16H23NO4. The third-order valence-electron chi connectivity index (χ3n) is 3.52. The predicted octanol–water partition coefficient (Wildman–Crippen LogP) is 2.67. The molecule has 0 aromatic heterocycles. The molecular weight excluding hydrogens is 270 g/mol. The Morgan fingerprint density at radius 3 is 2.86 bits per heavy atom. The number of nitrogens with zero attached hydrogens (tertiary/aromatic N) is 1. The summed E-state index contributed by atoms with van der Waals surface area (Å²) in [5.41, 5.74) is 2.59. The molecule has 1 amide bonds. The highest BCUT2D eigenvalue weighted by Crippen LogP contribution is 2.17. The Bertz CT molecular complexity index is 483. The zero-order chi connectivity index (χ0) is 15.2. The van der Waals surface area contributed by atoms with Crippen molar-refractivity contribution < 1.29 is 19.1 Å². The van der Waals surface area contributed by atoms with Crippen molar-refractivity contribution in [1.29, 1.82) is 0 Å². The maximum Gasteiger partial charge on any atom is 0.277 e. The predicted molar refractivity (Wildman–Crippen MR) is 78.7 cm³/mol. The highest BCUT2D eigenvalue weighted by molar-refractivity contribution is 5.93. The first-order valence-corrected chi connectivity index (χ1v) is 7.26. The summed E-state index contributed by atoms with van der Waals surface area (Å²) < 4.78 is 11.3. The van der Waals surface area contributed by atoms with E-state index in [2.05, 4.69) is 0 Å². The second-order valence-corrected chi connectivity index (χ2v) is 5.30. The zero-order valence-corrected chi connectivity index (χ0v) is 12.9. The smallest absolute Gasteiger partial charge is 0.277 e. The van der Waals surface area contributed by atoms with E-state index in [1.165, 1.54) is 12.2 Å². The lowest BCUT2D eigenvalue weighted by atomic mass is 10.1. The average molecular weight is 293 g/mol. The van der Waals surface area contributed by atoms with Crippen molar-refractivity contribution in [2.24, 2.45) is 0 Å². The molecule has 1 heterocycles. The van der Waals surface area contributed by atoms with Gasteiger partial charge in [-0.1, -0.05) is 6.07 Å². The first kappa shape index (κ1) is 15.9. The lowest BCUT2D eigenvalue weighted by Crippen LogP contribution is -2.25. The Labute approximate surface area is 125 Å². The monoisotopic (exact) mass is 293 g/mol. The van der Waals surface area contributed by atoms with Gasteiger partial charge < -0.3 is 9.47 Å². The van der Waals surface area contributed by atoms with E-state index in [0.29, 0.717) is 12.2 Å². The molecule has 5 nitrogen and oxygen atoms in total. The molecule has 1 saturated heterocycles. The molecule has 1 aliphatic heterocycles. The van der Waals surface area contributed by atoms with Crippen LogP contribution in [-0.2, 0) is 20.9 Å². The molecule has 0 radical (unpaired) electrons. The van der Waals surface area contributed by atoms with Gasteiger partial charge in [0.15, 0.2) is 6.29 Å². The molecule has 0 bridgehead atoms. The summed E-state index contributed by atoms with van der Waals surface area (Å²) in [7, 11) is 3.06. The Morgan fingerprint density at radius 1 is 1.38 bits per heavy atom. The molecule has 1 unspecified atom stereocenters. The van der Waals surface area contributed by atoms with E-state index in [1.807, 2.05) is 25.1 Å². The molecule has 5 heteroatoms. The standard InChI is InChI=1S/C16H23NO4/c1-12-8-13(11-21-15-6-4-5-7-20-15)10-14(9-12)16(18)17(2)19-3/h8-10,15H,4-7,11H2,1-3H3. The molecule has 0 spiro atoms. The SMILES string of the molecule is CON(C)C(=O)c1cc(C)cc(COC2CCCCO2)c1. The molecule has 1 aliphatic rings. The number of hydrogen-bond donors (Lipinski definition) is 0. The fourth-order valence-corrected chi connectivity index (χ4v) is 2.37.